The molecule has 80 valence electrons. The maximum absolute atomic E-state index is 13.4. The second kappa shape index (κ2) is 5.41. The third-order valence-corrected chi connectivity index (χ3v) is 2.32. The minimum absolute atomic E-state index is 0.273. The van der Waals surface area contributed by atoms with E-state index in [4.69, 9.17) is 11.2 Å². The van der Waals surface area contributed by atoms with E-state index < -0.39 is 5.82 Å². The van der Waals surface area contributed by atoms with Gasteiger partial charge in [-0.05, 0) is 24.1 Å². The second-order valence-corrected chi connectivity index (χ2v) is 3.61. The first-order chi connectivity index (χ1) is 7.17. The summed E-state index contributed by atoms with van der Waals surface area (Å²) in [4.78, 5) is 0. The van der Waals surface area contributed by atoms with E-state index >= 15 is 0 Å². The summed E-state index contributed by atoms with van der Waals surface area (Å²) in [5, 5.41) is 0. The minimum atomic E-state index is -0.395. The van der Waals surface area contributed by atoms with Gasteiger partial charge in [-0.15, -0.1) is 6.42 Å². The maximum Gasteiger partial charge on any atom is 0.166 e. The molecule has 0 saturated heterocycles. The van der Waals surface area contributed by atoms with Crippen molar-refractivity contribution in [1.82, 2.24) is 0 Å². The van der Waals surface area contributed by atoms with Crippen molar-refractivity contribution in [1.29, 1.82) is 0 Å². The van der Waals surface area contributed by atoms with E-state index in [0.717, 1.165) is 6.42 Å². The van der Waals surface area contributed by atoms with Crippen molar-refractivity contribution in [3.8, 4) is 18.1 Å². The van der Waals surface area contributed by atoms with Crippen LogP contribution in [-0.4, -0.2) is 6.61 Å². The number of benzene rings is 1. The van der Waals surface area contributed by atoms with E-state index in [1.807, 2.05) is 0 Å². The largest absolute Gasteiger partial charge is 0.490 e. The lowest BCUT2D eigenvalue weighted by atomic mass is 10.1. The van der Waals surface area contributed by atoms with Crippen molar-refractivity contribution in [2.45, 2.75) is 20.3 Å². The molecule has 0 bridgehead atoms. The topological polar surface area (TPSA) is 9.23 Å². The Morgan fingerprint density at radius 3 is 2.80 bits per heavy atom. The van der Waals surface area contributed by atoms with Crippen LogP contribution in [0.5, 0.6) is 5.75 Å². The molecule has 0 aliphatic heterocycles. The number of terminal acetylenes is 1. The maximum atomic E-state index is 13.4. The molecule has 0 aliphatic rings. The van der Waals surface area contributed by atoms with Gasteiger partial charge in [0.25, 0.3) is 0 Å². The first-order valence-corrected chi connectivity index (χ1v) is 5.06. The van der Waals surface area contributed by atoms with Crippen molar-refractivity contribution in [3.63, 3.8) is 0 Å². The van der Waals surface area contributed by atoms with Crippen LogP contribution in [0.1, 0.15) is 25.8 Å². The van der Waals surface area contributed by atoms with Gasteiger partial charge in [0.05, 0.1) is 6.61 Å². The summed E-state index contributed by atoms with van der Waals surface area (Å²) in [6, 6.07) is 4.56. The molecule has 1 aromatic carbocycles. The summed E-state index contributed by atoms with van der Waals surface area (Å²) >= 11 is 0. The molecular weight excluding hydrogens is 191 g/mol. The predicted molar refractivity (Wildman–Crippen MR) is 59.3 cm³/mol. The van der Waals surface area contributed by atoms with Crippen molar-refractivity contribution in [2.75, 3.05) is 6.61 Å². The Bertz CT molecular complexity index is 365. The minimum Gasteiger partial charge on any atom is -0.490 e. The van der Waals surface area contributed by atoms with E-state index in [1.165, 1.54) is 6.07 Å². The van der Waals surface area contributed by atoms with E-state index in [9.17, 15) is 4.39 Å². The van der Waals surface area contributed by atoms with Gasteiger partial charge in [0.2, 0.25) is 0 Å². The molecule has 0 aliphatic carbocycles. The number of hydrogen-bond acceptors (Lipinski definition) is 1. The lowest BCUT2D eigenvalue weighted by Gasteiger charge is -2.11. The van der Waals surface area contributed by atoms with Crippen molar-refractivity contribution in [2.24, 2.45) is 5.92 Å². The molecule has 0 amide bonds. The van der Waals surface area contributed by atoms with Gasteiger partial charge in [-0.1, -0.05) is 26.2 Å². The van der Waals surface area contributed by atoms with Crippen LogP contribution < -0.4 is 4.74 Å². The predicted octanol–water partition coefficient (Wildman–Crippen LogP) is 3.23. The second-order valence-electron chi connectivity index (χ2n) is 3.61. The summed E-state index contributed by atoms with van der Waals surface area (Å²) in [5.41, 5.74) is 0.531. The number of rotatable bonds is 4. The zero-order chi connectivity index (χ0) is 11.3. The molecule has 1 atom stereocenters. The van der Waals surface area contributed by atoms with E-state index in [-0.39, 0.29) is 5.75 Å². The highest BCUT2D eigenvalue weighted by molar-refractivity contribution is 5.37. The molecule has 0 heterocycles. The summed E-state index contributed by atoms with van der Waals surface area (Å²) in [6.45, 7) is 4.67. The first-order valence-electron chi connectivity index (χ1n) is 5.06. The summed E-state index contributed by atoms with van der Waals surface area (Å²) in [6.07, 6.45) is 6.17. The molecule has 0 unspecified atom stereocenters. The van der Waals surface area contributed by atoms with Crippen LogP contribution in [0.2, 0.25) is 0 Å². The van der Waals surface area contributed by atoms with Crippen molar-refractivity contribution < 1.29 is 9.13 Å². The molecular formula is C13H15FO. The molecule has 0 aromatic heterocycles. The molecule has 1 aromatic rings. The van der Waals surface area contributed by atoms with E-state index in [2.05, 4.69) is 19.8 Å². The van der Waals surface area contributed by atoms with Gasteiger partial charge in [-0.2, -0.15) is 0 Å². The summed E-state index contributed by atoms with van der Waals surface area (Å²) < 4.78 is 18.7. The van der Waals surface area contributed by atoms with Gasteiger partial charge in [0.1, 0.15) is 0 Å². The van der Waals surface area contributed by atoms with Gasteiger partial charge in [0.15, 0.2) is 11.6 Å². The number of hydrogen-bond donors (Lipinski definition) is 0. The van der Waals surface area contributed by atoms with Crippen LogP contribution in [0.3, 0.4) is 0 Å². The highest BCUT2D eigenvalue weighted by Crippen LogP contribution is 2.18. The molecule has 2 heteroatoms. The van der Waals surface area contributed by atoms with Crippen molar-refractivity contribution >= 4 is 0 Å². The fraction of sp³-hybridized carbons (Fsp3) is 0.385. The molecule has 0 N–H and O–H groups in total. The van der Waals surface area contributed by atoms with Gasteiger partial charge in [-0.3, -0.25) is 0 Å². The van der Waals surface area contributed by atoms with Crippen LogP contribution >= 0.6 is 0 Å². The number of ether oxygens (including phenoxy) is 1. The Kier molecular flexibility index (Phi) is 4.17. The molecule has 0 fully saturated rings. The highest BCUT2D eigenvalue weighted by Gasteiger charge is 2.05. The van der Waals surface area contributed by atoms with Gasteiger partial charge < -0.3 is 4.74 Å². The first kappa shape index (κ1) is 11.6. The number of halogens is 1. The van der Waals surface area contributed by atoms with E-state index in [1.54, 1.807) is 12.1 Å². The average Bonchev–Trinajstić information content (AvgIpc) is 2.26. The summed E-state index contributed by atoms with van der Waals surface area (Å²) in [5.74, 6) is 2.68. The Morgan fingerprint density at radius 2 is 2.27 bits per heavy atom. The molecule has 15 heavy (non-hydrogen) atoms. The normalized spacial score (nSPS) is 11.9. The van der Waals surface area contributed by atoms with Gasteiger partial charge >= 0.3 is 0 Å². The third kappa shape index (κ3) is 3.28. The Labute approximate surface area is 90.3 Å². The molecule has 0 spiro atoms. The smallest absolute Gasteiger partial charge is 0.166 e. The molecule has 0 saturated carbocycles. The molecule has 1 nitrogen and oxygen atoms in total. The lowest BCUT2D eigenvalue weighted by Crippen LogP contribution is -2.08. The van der Waals surface area contributed by atoms with E-state index in [0.29, 0.717) is 18.1 Å². The average molecular weight is 206 g/mol. The Balaban J connectivity index is 2.67. The SMILES string of the molecule is C#Cc1ccc(OC[C@@H](C)CC)c(F)c1. The monoisotopic (exact) mass is 206 g/mol. The third-order valence-electron chi connectivity index (χ3n) is 2.32. The van der Waals surface area contributed by atoms with Crippen molar-refractivity contribution in [3.05, 3.63) is 29.6 Å². The van der Waals surface area contributed by atoms with Gasteiger partial charge in [0, 0.05) is 5.56 Å². The fourth-order valence-electron chi connectivity index (χ4n) is 1.06. The Hall–Kier alpha value is -1.49. The zero-order valence-electron chi connectivity index (χ0n) is 9.09. The Morgan fingerprint density at radius 1 is 1.53 bits per heavy atom. The molecule has 0 radical (unpaired) electrons. The summed E-state index contributed by atoms with van der Waals surface area (Å²) in [7, 11) is 0. The van der Waals surface area contributed by atoms with Crippen LogP contribution in [0, 0.1) is 24.1 Å². The van der Waals surface area contributed by atoms with Crippen LogP contribution in [-0.2, 0) is 0 Å². The molecule has 1 rings (SSSR count). The lowest BCUT2D eigenvalue weighted by molar-refractivity contribution is 0.246. The fourth-order valence-corrected chi connectivity index (χ4v) is 1.06. The highest BCUT2D eigenvalue weighted by atomic mass is 19.1. The standard InChI is InChI=1S/C13H15FO/c1-4-10(3)9-15-13-7-6-11(5-2)8-12(13)14/h2,6-8,10H,4,9H2,1,3H3/t10-/m0/s1. The van der Waals surface area contributed by atoms with Crippen LogP contribution in [0.15, 0.2) is 18.2 Å². The quantitative estimate of drug-likeness (QED) is 0.687. The van der Waals surface area contributed by atoms with Crippen LogP contribution in [0.4, 0.5) is 4.39 Å². The zero-order valence-corrected chi connectivity index (χ0v) is 9.09. The van der Waals surface area contributed by atoms with Gasteiger partial charge in [-0.25, -0.2) is 4.39 Å². The van der Waals surface area contributed by atoms with Crippen LogP contribution in [0.25, 0.3) is 0 Å².